The van der Waals surface area contributed by atoms with E-state index in [1.54, 1.807) is 18.6 Å². The Hall–Kier alpha value is -2.15. The number of rotatable bonds is 3. The van der Waals surface area contributed by atoms with E-state index in [2.05, 4.69) is 41.2 Å². The molecule has 3 aromatic rings. The van der Waals surface area contributed by atoms with E-state index in [9.17, 15) is 4.39 Å². The predicted molar refractivity (Wildman–Crippen MR) is 99.1 cm³/mol. The van der Waals surface area contributed by atoms with E-state index in [-0.39, 0.29) is 5.92 Å². The molecule has 0 aliphatic heterocycles. The number of nitrogens with one attached hydrogen (secondary N) is 1. The average Bonchev–Trinajstić information content (AvgIpc) is 2.64. The van der Waals surface area contributed by atoms with E-state index in [1.807, 2.05) is 24.3 Å². The molecule has 0 saturated heterocycles. The smallest absolute Gasteiger partial charge is 0.164 e. The van der Waals surface area contributed by atoms with Gasteiger partial charge in [0.15, 0.2) is 5.65 Å². The highest BCUT2D eigenvalue weighted by atomic mass is 79.9. The van der Waals surface area contributed by atoms with Gasteiger partial charge in [-0.05, 0) is 43.5 Å². The van der Waals surface area contributed by atoms with Gasteiger partial charge in [-0.1, -0.05) is 15.9 Å². The van der Waals surface area contributed by atoms with Crippen molar-refractivity contribution in [2.24, 2.45) is 0 Å². The Labute approximate surface area is 153 Å². The highest BCUT2D eigenvalue weighted by molar-refractivity contribution is 9.09. The van der Waals surface area contributed by atoms with Crippen LogP contribution in [0.15, 0.2) is 42.9 Å². The first-order valence-electron chi connectivity index (χ1n) is 8.28. The van der Waals surface area contributed by atoms with Gasteiger partial charge in [0.05, 0.1) is 11.3 Å². The number of aromatic nitrogens is 4. The predicted octanol–water partition coefficient (Wildman–Crippen LogP) is 4.53. The first-order valence-corrected chi connectivity index (χ1v) is 9.20. The molecule has 1 aliphatic rings. The molecule has 3 atom stereocenters. The number of hydrogen-bond donors (Lipinski definition) is 1. The molecule has 5 nitrogen and oxygen atoms in total. The van der Waals surface area contributed by atoms with Crippen LogP contribution in [0.25, 0.3) is 11.0 Å². The van der Waals surface area contributed by atoms with Crippen molar-refractivity contribution in [3.8, 4) is 0 Å². The Bertz CT molecular complexity index is 876. The molecule has 3 heterocycles. The molecule has 1 N–H and O–H groups in total. The summed E-state index contributed by atoms with van der Waals surface area (Å²) in [5, 5.41) is 4.10. The molecule has 0 aromatic carbocycles. The van der Waals surface area contributed by atoms with Crippen LogP contribution in [0, 0.1) is 0 Å². The molecule has 0 bridgehead atoms. The third-order valence-corrected chi connectivity index (χ3v) is 5.30. The van der Waals surface area contributed by atoms with Gasteiger partial charge in [0.2, 0.25) is 0 Å². The quantitative estimate of drug-likeness (QED) is 0.652. The topological polar surface area (TPSA) is 63.6 Å². The zero-order valence-corrected chi connectivity index (χ0v) is 15.0. The SMILES string of the molecule is FC1CCC(Br)C[C@H]1c1nc(Nc2ccncc2)c2cccnc2n1. The van der Waals surface area contributed by atoms with Crippen LogP contribution >= 0.6 is 15.9 Å². The molecule has 3 aromatic heterocycles. The summed E-state index contributed by atoms with van der Waals surface area (Å²) < 4.78 is 14.5. The van der Waals surface area contributed by atoms with Gasteiger partial charge in [-0.3, -0.25) is 4.98 Å². The van der Waals surface area contributed by atoms with Crippen molar-refractivity contribution in [2.45, 2.75) is 36.2 Å². The number of fused-ring (bicyclic) bond motifs is 1. The highest BCUT2D eigenvalue weighted by Gasteiger charge is 2.33. The Morgan fingerprint density at radius 2 is 1.92 bits per heavy atom. The fourth-order valence-electron chi connectivity index (χ4n) is 3.16. The number of hydrogen-bond acceptors (Lipinski definition) is 5. The van der Waals surface area contributed by atoms with Crippen LogP contribution in [0.3, 0.4) is 0 Å². The second kappa shape index (κ2) is 7.00. The number of alkyl halides is 2. The zero-order chi connectivity index (χ0) is 17.2. The summed E-state index contributed by atoms with van der Waals surface area (Å²) in [7, 11) is 0. The monoisotopic (exact) mass is 401 g/mol. The average molecular weight is 402 g/mol. The largest absolute Gasteiger partial charge is 0.339 e. The number of anilines is 2. The molecular formula is C18H17BrFN5. The van der Waals surface area contributed by atoms with Crippen molar-refractivity contribution in [2.75, 3.05) is 5.32 Å². The van der Waals surface area contributed by atoms with Gasteiger partial charge >= 0.3 is 0 Å². The first kappa shape index (κ1) is 16.3. The molecule has 1 aliphatic carbocycles. The van der Waals surface area contributed by atoms with E-state index >= 15 is 0 Å². The molecule has 2 unspecified atom stereocenters. The molecule has 1 fully saturated rings. The summed E-state index contributed by atoms with van der Waals surface area (Å²) in [6.45, 7) is 0. The van der Waals surface area contributed by atoms with Crippen LogP contribution < -0.4 is 5.32 Å². The van der Waals surface area contributed by atoms with Crippen LogP contribution in [0.2, 0.25) is 0 Å². The maximum Gasteiger partial charge on any atom is 0.164 e. The zero-order valence-electron chi connectivity index (χ0n) is 13.4. The van der Waals surface area contributed by atoms with Crippen molar-refractivity contribution in [3.05, 3.63) is 48.7 Å². The Morgan fingerprint density at radius 3 is 2.76 bits per heavy atom. The fourth-order valence-corrected chi connectivity index (χ4v) is 3.83. The summed E-state index contributed by atoms with van der Waals surface area (Å²) in [5.74, 6) is 0.838. The van der Waals surface area contributed by atoms with E-state index < -0.39 is 6.17 Å². The maximum absolute atomic E-state index is 14.5. The minimum Gasteiger partial charge on any atom is -0.339 e. The second-order valence-electron chi connectivity index (χ2n) is 6.20. The van der Waals surface area contributed by atoms with Gasteiger partial charge in [-0.2, -0.15) is 0 Å². The van der Waals surface area contributed by atoms with E-state index in [0.29, 0.717) is 35.0 Å². The molecule has 7 heteroatoms. The van der Waals surface area contributed by atoms with Crippen LogP contribution in [-0.4, -0.2) is 30.9 Å². The molecule has 4 rings (SSSR count). The van der Waals surface area contributed by atoms with Gasteiger partial charge in [0, 0.05) is 29.1 Å². The van der Waals surface area contributed by atoms with Crippen molar-refractivity contribution < 1.29 is 4.39 Å². The molecule has 1 saturated carbocycles. The van der Waals surface area contributed by atoms with E-state index in [1.165, 1.54) is 0 Å². The summed E-state index contributed by atoms with van der Waals surface area (Å²) in [6.07, 6.45) is 6.23. The van der Waals surface area contributed by atoms with Crippen molar-refractivity contribution in [3.63, 3.8) is 0 Å². The number of pyridine rings is 2. The van der Waals surface area contributed by atoms with Crippen LogP contribution in [0.4, 0.5) is 15.9 Å². The summed E-state index contributed by atoms with van der Waals surface area (Å²) in [4.78, 5) is 17.9. The van der Waals surface area contributed by atoms with Gasteiger partial charge in [-0.15, -0.1) is 0 Å². The highest BCUT2D eigenvalue weighted by Crippen LogP contribution is 2.38. The van der Waals surface area contributed by atoms with Gasteiger partial charge in [-0.25, -0.2) is 19.3 Å². The van der Waals surface area contributed by atoms with Crippen molar-refractivity contribution in [1.29, 1.82) is 0 Å². The second-order valence-corrected chi connectivity index (χ2v) is 7.49. The Morgan fingerprint density at radius 1 is 1.08 bits per heavy atom. The molecule has 0 amide bonds. The normalized spacial score (nSPS) is 23.5. The van der Waals surface area contributed by atoms with Gasteiger partial charge < -0.3 is 5.32 Å². The molecular weight excluding hydrogens is 385 g/mol. The fraction of sp³-hybridized carbons (Fsp3) is 0.333. The molecule has 0 radical (unpaired) electrons. The summed E-state index contributed by atoms with van der Waals surface area (Å²) in [5.41, 5.74) is 1.44. The third kappa shape index (κ3) is 3.46. The van der Waals surface area contributed by atoms with Crippen molar-refractivity contribution >= 4 is 38.5 Å². The van der Waals surface area contributed by atoms with E-state index in [4.69, 9.17) is 0 Å². The Kier molecular flexibility index (Phi) is 4.57. The van der Waals surface area contributed by atoms with Crippen molar-refractivity contribution in [1.82, 2.24) is 19.9 Å². The first-order chi connectivity index (χ1) is 12.2. The minimum absolute atomic E-state index is 0.295. The number of nitrogens with zero attached hydrogens (tertiary/aromatic N) is 4. The van der Waals surface area contributed by atoms with Crippen LogP contribution in [-0.2, 0) is 0 Å². The Balaban J connectivity index is 1.78. The molecule has 128 valence electrons. The lowest BCUT2D eigenvalue weighted by molar-refractivity contribution is 0.215. The lowest BCUT2D eigenvalue weighted by Gasteiger charge is -2.28. The lowest BCUT2D eigenvalue weighted by Crippen LogP contribution is -2.26. The summed E-state index contributed by atoms with van der Waals surface area (Å²) in [6, 6.07) is 7.47. The van der Waals surface area contributed by atoms with Gasteiger partial charge in [0.1, 0.15) is 17.8 Å². The number of halogens is 2. The van der Waals surface area contributed by atoms with Crippen LogP contribution in [0.5, 0.6) is 0 Å². The van der Waals surface area contributed by atoms with Gasteiger partial charge in [0.25, 0.3) is 0 Å². The van der Waals surface area contributed by atoms with E-state index in [0.717, 1.165) is 17.5 Å². The van der Waals surface area contributed by atoms with Crippen LogP contribution in [0.1, 0.15) is 31.0 Å². The molecule has 0 spiro atoms. The summed E-state index contributed by atoms with van der Waals surface area (Å²) >= 11 is 3.62. The lowest BCUT2D eigenvalue weighted by atomic mass is 9.87. The minimum atomic E-state index is -0.927. The molecule has 25 heavy (non-hydrogen) atoms. The third-order valence-electron chi connectivity index (χ3n) is 4.47. The standard InChI is InChI=1S/C18H17BrFN5/c19-11-3-4-15(20)14(10-11)18-24-16-13(2-1-7-22-16)17(25-18)23-12-5-8-21-9-6-12/h1-2,5-9,11,14-15H,3-4,10H2,(H,21,22,23,24,25)/t11?,14-,15?/m1/s1. The maximum atomic E-state index is 14.5.